The van der Waals surface area contributed by atoms with Crippen LogP contribution in [-0.2, 0) is 0 Å². The fourth-order valence-corrected chi connectivity index (χ4v) is 7.30. The minimum absolute atomic E-state index is 0.818. The average molecular weight is 839 g/mol. The van der Waals surface area contributed by atoms with Gasteiger partial charge in [-0.1, -0.05) is 109 Å². The Labute approximate surface area is 376 Å². The van der Waals surface area contributed by atoms with Crippen molar-refractivity contribution >= 4 is 70.6 Å². The summed E-state index contributed by atoms with van der Waals surface area (Å²) >= 11 is 0. The quantitative estimate of drug-likeness (QED) is 0.0903. The van der Waals surface area contributed by atoms with Crippen LogP contribution in [0.5, 0.6) is 23.0 Å². The van der Waals surface area contributed by atoms with Crippen LogP contribution in [-0.4, -0.2) is 28.4 Å². The molecule has 0 amide bonds. The predicted octanol–water partition coefficient (Wildman–Crippen LogP) is 15.2. The molecule has 0 atom stereocenters. The van der Waals surface area contributed by atoms with Gasteiger partial charge in [-0.05, 0) is 155 Å². The van der Waals surface area contributed by atoms with Crippen LogP contribution in [0.1, 0.15) is 33.4 Å². The van der Waals surface area contributed by atoms with Crippen LogP contribution in [0.4, 0.5) is 34.1 Å². The third kappa shape index (κ3) is 10.6. The largest absolute Gasteiger partial charge is 0.497 e. The minimum atomic E-state index is 0.818. The summed E-state index contributed by atoms with van der Waals surface area (Å²) in [6.45, 7) is 0. The molecule has 0 aliphatic heterocycles. The van der Waals surface area contributed by atoms with Crippen molar-refractivity contribution in [3.05, 3.63) is 228 Å². The molecule has 6 nitrogen and oxygen atoms in total. The van der Waals surface area contributed by atoms with E-state index >= 15 is 0 Å². The molecule has 6 heteroatoms. The summed E-state index contributed by atoms with van der Waals surface area (Å²) in [6.07, 6.45) is 12.9. The van der Waals surface area contributed by atoms with E-state index in [-0.39, 0.29) is 0 Å². The van der Waals surface area contributed by atoms with E-state index in [2.05, 4.69) is 192 Å². The standard InChI is InChI=1S/C58H50N2O4/c1-61-55-35-27-51(28-36-55)59(52-29-37-56(62-2)38-30-52)49-23-19-47(20-24-49)17-15-45-11-7-43(8-12-45)5-6-44-9-13-46(14-10-44)16-18-48-21-25-50(26-22-48)60(53-31-39-57(63-3)40-32-53)54-33-41-58(64-4)42-34-54/h5-42H,1-4H3/b6-5+,17-15+,18-16+. The van der Waals surface area contributed by atoms with Crippen molar-refractivity contribution in [1.82, 2.24) is 0 Å². The molecule has 316 valence electrons. The second kappa shape index (κ2) is 20.6. The van der Waals surface area contributed by atoms with Gasteiger partial charge >= 0.3 is 0 Å². The van der Waals surface area contributed by atoms with Gasteiger partial charge in [0.2, 0.25) is 0 Å². The van der Waals surface area contributed by atoms with Crippen LogP contribution in [0.2, 0.25) is 0 Å². The molecule has 64 heavy (non-hydrogen) atoms. The SMILES string of the molecule is COc1ccc(N(c2ccc(/C=C/c3ccc(/C=C/c4ccc(/C=C/c5ccc(N(c6ccc(OC)cc6)c6ccc(OC)cc6)cc5)cc4)cc3)cc2)c2ccc(OC)cc2)cc1. The molecular weight excluding hydrogens is 789 g/mol. The number of methoxy groups -OCH3 is 4. The molecule has 0 aliphatic carbocycles. The number of hydrogen-bond acceptors (Lipinski definition) is 6. The van der Waals surface area contributed by atoms with E-state index in [4.69, 9.17) is 18.9 Å². The van der Waals surface area contributed by atoms with Gasteiger partial charge in [-0.3, -0.25) is 0 Å². The number of nitrogens with zero attached hydrogens (tertiary/aromatic N) is 2. The molecule has 0 spiro atoms. The van der Waals surface area contributed by atoms with Crippen molar-refractivity contribution in [1.29, 1.82) is 0 Å². The van der Waals surface area contributed by atoms with Crippen molar-refractivity contribution in [2.75, 3.05) is 38.2 Å². The topological polar surface area (TPSA) is 43.4 Å². The normalized spacial score (nSPS) is 11.2. The Hall–Kier alpha value is -8.22. The van der Waals surface area contributed by atoms with E-state index in [1.165, 1.54) is 0 Å². The van der Waals surface area contributed by atoms with Gasteiger partial charge in [0.25, 0.3) is 0 Å². The highest BCUT2D eigenvalue weighted by atomic mass is 16.5. The summed E-state index contributed by atoms with van der Waals surface area (Å²) in [5, 5.41) is 0. The van der Waals surface area contributed by atoms with Crippen LogP contribution in [0, 0.1) is 0 Å². The van der Waals surface area contributed by atoms with Crippen LogP contribution >= 0.6 is 0 Å². The molecular formula is C58H50N2O4. The van der Waals surface area contributed by atoms with Crippen molar-refractivity contribution in [3.8, 4) is 23.0 Å². The van der Waals surface area contributed by atoms with E-state index < -0.39 is 0 Å². The molecule has 0 aromatic heterocycles. The molecule has 0 radical (unpaired) electrons. The summed E-state index contributed by atoms with van der Waals surface area (Å²) in [5.41, 5.74) is 13.0. The monoisotopic (exact) mass is 838 g/mol. The van der Waals surface area contributed by atoms with E-state index in [0.29, 0.717) is 0 Å². The Bertz CT molecular complexity index is 2500. The molecule has 0 saturated carbocycles. The number of ether oxygens (including phenoxy) is 4. The lowest BCUT2D eigenvalue weighted by molar-refractivity contribution is 0.414. The fourth-order valence-electron chi connectivity index (χ4n) is 7.30. The Balaban J connectivity index is 0.877. The van der Waals surface area contributed by atoms with Crippen molar-refractivity contribution in [3.63, 3.8) is 0 Å². The smallest absolute Gasteiger partial charge is 0.119 e. The summed E-state index contributed by atoms with van der Waals surface area (Å²) in [6, 6.07) is 66.7. The lowest BCUT2D eigenvalue weighted by Crippen LogP contribution is -2.09. The van der Waals surface area contributed by atoms with Gasteiger partial charge in [0.1, 0.15) is 23.0 Å². The predicted molar refractivity (Wildman–Crippen MR) is 268 cm³/mol. The van der Waals surface area contributed by atoms with Crippen molar-refractivity contribution in [2.24, 2.45) is 0 Å². The highest BCUT2D eigenvalue weighted by Gasteiger charge is 2.14. The van der Waals surface area contributed by atoms with E-state index in [1.54, 1.807) is 28.4 Å². The van der Waals surface area contributed by atoms with E-state index in [0.717, 1.165) is 90.5 Å². The maximum Gasteiger partial charge on any atom is 0.119 e. The zero-order valence-electron chi connectivity index (χ0n) is 36.5. The molecule has 0 bridgehead atoms. The maximum atomic E-state index is 5.40. The van der Waals surface area contributed by atoms with Gasteiger partial charge in [-0.2, -0.15) is 0 Å². The summed E-state index contributed by atoms with van der Waals surface area (Å²) in [7, 11) is 6.72. The number of benzene rings is 8. The Morgan fingerprint density at radius 2 is 0.359 bits per heavy atom. The lowest BCUT2D eigenvalue weighted by Gasteiger charge is -2.26. The molecule has 8 rings (SSSR count). The van der Waals surface area contributed by atoms with Crippen LogP contribution in [0.3, 0.4) is 0 Å². The number of rotatable bonds is 16. The van der Waals surface area contributed by atoms with Crippen molar-refractivity contribution < 1.29 is 18.9 Å². The van der Waals surface area contributed by atoms with Crippen molar-refractivity contribution in [2.45, 2.75) is 0 Å². The minimum Gasteiger partial charge on any atom is -0.497 e. The second-order valence-corrected chi connectivity index (χ2v) is 15.0. The summed E-state index contributed by atoms with van der Waals surface area (Å²) < 4.78 is 21.6. The number of anilines is 6. The van der Waals surface area contributed by atoms with Crippen LogP contribution < -0.4 is 28.7 Å². The summed E-state index contributed by atoms with van der Waals surface area (Å²) in [5.74, 6) is 3.27. The molecule has 8 aromatic carbocycles. The molecule has 0 unspecified atom stereocenters. The van der Waals surface area contributed by atoms with Gasteiger partial charge in [-0.25, -0.2) is 0 Å². The third-order valence-corrected chi connectivity index (χ3v) is 10.9. The molecule has 0 N–H and O–H groups in total. The Morgan fingerprint density at radius 3 is 0.516 bits per heavy atom. The maximum absolute atomic E-state index is 5.40. The zero-order valence-corrected chi connectivity index (χ0v) is 36.5. The second-order valence-electron chi connectivity index (χ2n) is 15.0. The lowest BCUT2D eigenvalue weighted by atomic mass is 10.1. The first-order chi connectivity index (χ1) is 31.5. The van der Waals surface area contributed by atoms with E-state index in [9.17, 15) is 0 Å². The fraction of sp³-hybridized carbons (Fsp3) is 0.0690. The van der Waals surface area contributed by atoms with E-state index in [1.807, 2.05) is 48.5 Å². The average Bonchev–Trinajstić information content (AvgIpc) is 3.37. The van der Waals surface area contributed by atoms with Gasteiger partial charge < -0.3 is 28.7 Å². The van der Waals surface area contributed by atoms with Crippen LogP contribution in [0.15, 0.2) is 194 Å². The first-order valence-corrected chi connectivity index (χ1v) is 21.1. The van der Waals surface area contributed by atoms with Gasteiger partial charge in [-0.15, -0.1) is 0 Å². The number of hydrogen-bond donors (Lipinski definition) is 0. The Kier molecular flexibility index (Phi) is 13.6. The first kappa shape index (κ1) is 42.5. The highest BCUT2D eigenvalue weighted by molar-refractivity contribution is 5.81. The van der Waals surface area contributed by atoms with Gasteiger partial charge in [0.05, 0.1) is 28.4 Å². The highest BCUT2D eigenvalue weighted by Crippen LogP contribution is 2.38. The van der Waals surface area contributed by atoms with Crippen LogP contribution in [0.25, 0.3) is 36.5 Å². The first-order valence-electron chi connectivity index (χ1n) is 21.1. The molecule has 0 saturated heterocycles. The third-order valence-electron chi connectivity index (χ3n) is 10.9. The van der Waals surface area contributed by atoms with Gasteiger partial charge in [0.15, 0.2) is 0 Å². The molecule has 0 aliphatic rings. The molecule has 8 aromatic rings. The van der Waals surface area contributed by atoms with Gasteiger partial charge in [0, 0.05) is 34.1 Å². The molecule has 0 fully saturated rings. The molecule has 0 heterocycles. The summed E-state index contributed by atoms with van der Waals surface area (Å²) in [4.78, 5) is 4.43. The Morgan fingerprint density at radius 1 is 0.219 bits per heavy atom. The zero-order chi connectivity index (χ0) is 44.1.